The third kappa shape index (κ3) is 3.11. The molecule has 0 bridgehead atoms. The fraction of sp³-hybridized carbons (Fsp3) is 0.615. The fourth-order valence-electron chi connectivity index (χ4n) is 2.66. The molecule has 2 aliphatic rings. The molecule has 2 atom stereocenters. The van der Waals surface area contributed by atoms with Crippen molar-refractivity contribution in [3.8, 4) is 0 Å². The van der Waals surface area contributed by atoms with Crippen molar-refractivity contribution >= 4 is 44.2 Å². The molecule has 0 aromatic carbocycles. The van der Waals surface area contributed by atoms with E-state index in [1.165, 1.54) is 40.1 Å². The summed E-state index contributed by atoms with van der Waals surface area (Å²) in [5, 5.41) is 4.79. The van der Waals surface area contributed by atoms with Gasteiger partial charge in [-0.1, -0.05) is 24.6 Å². The monoisotopic (exact) mass is 344 g/mol. The van der Waals surface area contributed by atoms with Gasteiger partial charge in [-0.2, -0.15) is 0 Å². The minimum Gasteiger partial charge on any atom is -0.362 e. The number of thioether (sulfide) groups is 1. The van der Waals surface area contributed by atoms with Gasteiger partial charge in [0.2, 0.25) is 0 Å². The van der Waals surface area contributed by atoms with E-state index in [1.807, 2.05) is 11.8 Å². The summed E-state index contributed by atoms with van der Waals surface area (Å²) in [5.41, 5.74) is 0. The molecule has 1 saturated heterocycles. The molecule has 1 aromatic rings. The van der Waals surface area contributed by atoms with Crippen LogP contribution in [0.15, 0.2) is 20.9 Å². The average Bonchev–Trinajstić information content (AvgIpc) is 2.82. The van der Waals surface area contributed by atoms with Crippen LogP contribution in [-0.4, -0.2) is 17.0 Å². The Kier molecular flexibility index (Phi) is 4.31. The maximum absolute atomic E-state index is 4.72. The first-order chi connectivity index (χ1) is 8.81. The highest BCUT2D eigenvalue weighted by atomic mass is 79.9. The first-order valence-electron chi connectivity index (χ1n) is 6.49. The van der Waals surface area contributed by atoms with Crippen LogP contribution in [0, 0.1) is 5.92 Å². The summed E-state index contributed by atoms with van der Waals surface area (Å²) < 4.78 is 1.19. The van der Waals surface area contributed by atoms with Gasteiger partial charge < -0.3 is 5.32 Å². The number of amidine groups is 1. The summed E-state index contributed by atoms with van der Waals surface area (Å²) in [6, 6.07) is 4.93. The zero-order chi connectivity index (χ0) is 12.4. The predicted octanol–water partition coefficient (Wildman–Crippen LogP) is 4.26. The van der Waals surface area contributed by atoms with Crippen LogP contribution in [0.5, 0.6) is 0 Å². The molecule has 2 heterocycles. The van der Waals surface area contributed by atoms with Crippen LogP contribution in [0.1, 0.15) is 30.6 Å². The highest BCUT2D eigenvalue weighted by molar-refractivity contribution is 9.11. The zero-order valence-corrected chi connectivity index (χ0v) is 13.4. The van der Waals surface area contributed by atoms with Crippen molar-refractivity contribution in [1.29, 1.82) is 0 Å². The summed E-state index contributed by atoms with van der Waals surface area (Å²) in [4.78, 5) is 6.04. The topological polar surface area (TPSA) is 24.4 Å². The number of aliphatic imine (C=N–C) groups is 1. The Morgan fingerprint density at radius 1 is 1.33 bits per heavy atom. The van der Waals surface area contributed by atoms with E-state index < -0.39 is 0 Å². The van der Waals surface area contributed by atoms with Crippen molar-refractivity contribution < 1.29 is 0 Å². The summed E-state index contributed by atoms with van der Waals surface area (Å²) >= 11 is 7.17. The Balaban J connectivity index is 1.59. The lowest BCUT2D eigenvalue weighted by atomic mass is 9.86. The van der Waals surface area contributed by atoms with Crippen molar-refractivity contribution in [3.63, 3.8) is 0 Å². The molecular formula is C13H17BrN2S2. The Hall–Kier alpha value is -0.0000000000000000833. The maximum atomic E-state index is 4.72. The SMILES string of the molecule is Brc1ccc(CN=C2NC3CCCCC3CS2)s1. The number of fused-ring (bicyclic) bond motifs is 1. The molecular weight excluding hydrogens is 328 g/mol. The van der Waals surface area contributed by atoms with Crippen LogP contribution < -0.4 is 5.32 Å². The normalized spacial score (nSPS) is 29.9. The minimum atomic E-state index is 0.689. The predicted molar refractivity (Wildman–Crippen MR) is 84.5 cm³/mol. The Morgan fingerprint density at radius 2 is 2.22 bits per heavy atom. The second-order valence-electron chi connectivity index (χ2n) is 4.93. The average molecular weight is 345 g/mol. The van der Waals surface area contributed by atoms with Gasteiger partial charge in [0.1, 0.15) is 0 Å². The molecule has 0 amide bonds. The molecule has 1 aliphatic heterocycles. The molecule has 1 N–H and O–H groups in total. The van der Waals surface area contributed by atoms with Gasteiger partial charge in [0.15, 0.2) is 5.17 Å². The quantitative estimate of drug-likeness (QED) is 0.866. The summed E-state index contributed by atoms with van der Waals surface area (Å²) in [6.45, 7) is 0.809. The van der Waals surface area contributed by atoms with Crippen LogP contribution in [0.4, 0.5) is 0 Å². The van der Waals surface area contributed by atoms with E-state index in [2.05, 4.69) is 33.4 Å². The van der Waals surface area contributed by atoms with Gasteiger partial charge in [0, 0.05) is 16.7 Å². The maximum Gasteiger partial charge on any atom is 0.157 e. The number of nitrogens with zero attached hydrogens (tertiary/aromatic N) is 1. The number of hydrogen-bond acceptors (Lipinski definition) is 3. The van der Waals surface area contributed by atoms with Crippen molar-refractivity contribution in [3.05, 3.63) is 20.8 Å². The lowest BCUT2D eigenvalue weighted by Crippen LogP contribution is -2.46. The van der Waals surface area contributed by atoms with E-state index in [9.17, 15) is 0 Å². The Labute approximate surface area is 125 Å². The number of thiophene rings is 1. The molecule has 0 spiro atoms. The second kappa shape index (κ2) is 5.97. The first kappa shape index (κ1) is 13.0. The van der Waals surface area contributed by atoms with Crippen LogP contribution in [0.2, 0.25) is 0 Å². The van der Waals surface area contributed by atoms with Gasteiger partial charge in [-0.05, 0) is 46.8 Å². The van der Waals surface area contributed by atoms with Crippen molar-refractivity contribution in [2.45, 2.75) is 38.3 Å². The number of hydrogen-bond donors (Lipinski definition) is 1. The van der Waals surface area contributed by atoms with Crippen LogP contribution in [0.25, 0.3) is 0 Å². The Bertz CT molecular complexity index is 444. The molecule has 3 rings (SSSR count). The number of halogens is 1. The highest BCUT2D eigenvalue weighted by Crippen LogP contribution is 2.31. The number of nitrogens with one attached hydrogen (secondary N) is 1. The third-order valence-electron chi connectivity index (χ3n) is 3.66. The summed E-state index contributed by atoms with van der Waals surface area (Å²) in [7, 11) is 0. The zero-order valence-electron chi connectivity index (χ0n) is 10.2. The number of rotatable bonds is 2. The van der Waals surface area contributed by atoms with E-state index in [0.29, 0.717) is 6.04 Å². The van der Waals surface area contributed by atoms with Crippen molar-refractivity contribution in [1.82, 2.24) is 5.32 Å². The van der Waals surface area contributed by atoms with E-state index in [0.717, 1.165) is 17.6 Å². The Morgan fingerprint density at radius 3 is 3.06 bits per heavy atom. The molecule has 2 nitrogen and oxygen atoms in total. The molecule has 1 saturated carbocycles. The van der Waals surface area contributed by atoms with Gasteiger partial charge in [-0.15, -0.1) is 11.3 Å². The molecule has 2 unspecified atom stereocenters. The van der Waals surface area contributed by atoms with Gasteiger partial charge in [-0.25, -0.2) is 0 Å². The van der Waals surface area contributed by atoms with E-state index >= 15 is 0 Å². The van der Waals surface area contributed by atoms with Gasteiger partial charge >= 0.3 is 0 Å². The van der Waals surface area contributed by atoms with Gasteiger partial charge in [0.05, 0.1) is 10.3 Å². The molecule has 18 heavy (non-hydrogen) atoms. The highest BCUT2D eigenvalue weighted by Gasteiger charge is 2.30. The molecule has 5 heteroatoms. The smallest absolute Gasteiger partial charge is 0.157 e. The summed E-state index contributed by atoms with van der Waals surface area (Å²) in [6.07, 6.45) is 5.52. The van der Waals surface area contributed by atoms with Gasteiger partial charge in [0.25, 0.3) is 0 Å². The molecule has 98 valence electrons. The second-order valence-corrected chi connectivity index (χ2v) is 8.49. The molecule has 1 aliphatic carbocycles. The summed E-state index contributed by atoms with van der Waals surface area (Å²) in [5.74, 6) is 2.13. The van der Waals surface area contributed by atoms with Crippen molar-refractivity contribution in [2.75, 3.05) is 5.75 Å². The lowest BCUT2D eigenvalue weighted by Gasteiger charge is -2.36. The first-order valence-corrected chi connectivity index (χ1v) is 9.09. The van der Waals surface area contributed by atoms with Crippen LogP contribution >= 0.6 is 39.0 Å². The van der Waals surface area contributed by atoms with Gasteiger partial charge in [-0.3, -0.25) is 4.99 Å². The van der Waals surface area contributed by atoms with Crippen LogP contribution in [0.3, 0.4) is 0 Å². The lowest BCUT2D eigenvalue weighted by molar-refractivity contribution is 0.311. The largest absolute Gasteiger partial charge is 0.362 e. The van der Waals surface area contributed by atoms with E-state index in [4.69, 9.17) is 4.99 Å². The minimum absolute atomic E-state index is 0.689. The standard InChI is InChI=1S/C13H17BrN2S2/c14-12-6-5-10(18-12)7-15-13-16-11-4-2-1-3-9(11)8-17-13/h5-6,9,11H,1-4,7-8H2,(H,15,16). The van der Waals surface area contributed by atoms with Crippen molar-refractivity contribution in [2.24, 2.45) is 10.9 Å². The molecule has 0 radical (unpaired) electrons. The molecule has 2 fully saturated rings. The van der Waals surface area contributed by atoms with Crippen LogP contribution in [-0.2, 0) is 6.54 Å². The fourth-order valence-corrected chi connectivity index (χ4v) is 5.23. The van der Waals surface area contributed by atoms with E-state index in [-0.39, 0.29) is 0 Å². The molecule has 1 aromatic heterocycles. The van der Waals surface area contributed by atoms with E-state index in [1.54, 1.807) is 11.3 Å². The third-order valence-corrected chi connectivity index (χ3v) is 6.38.